The Morgan fingerprint density at radius 1 is 1.64 bits per heavy atom. The molecule has 0 unspecified atom stereocenters. The quantitative estimate of drug-likeness (QED) is 0.525. The molecule has 1 heterocycles. The highest BCUT2D eigenvalue weighted by Crippen LogP contribution is 2.18. The van der Waals surface area contributed by atoms with Crippen molar-refractivity contribution in [3.63, 3.8) is 0 Å². The fourth-order valence-corrected chi connectivity index (χ4v) is 2.39. The van der Waals surface area contributed by atoms with Crippen molar-refractivity contribution >= 4 is 10.0 Å². The molecule has 1 atom stereocenters. The molecule has 0 amide bonds. The molecule has 1 rings (SSSR count). The lowest BCUT2D eigenvalue weighted by atomic mass is 10.2. The zero-order valence-electron chi connectivity index (χ0n) is 6.45. The minimum atomic E-state index is -3.07. The number of sulfonamides is 1. The van der Waals surface area contributed by atoms with Gasteiger partial charge in [0, 0.05) is 6.54 Å². The first-order chi connectivity index (χ1) is 5.05. The lowest BCUT2D eigenvalue weighted by Crippen LogP contribution is -2.33. The van der Waals surface area contributed by atoms with Crippen LogP contribution in [-0.4, -0.2) is 31.6 Å². The first-order valence-electron chi connectivity index (χ1n) is 3.48. The van der Waals surface area contributed by atoms with Gasteiger partial charge in [-0.05, 0) is 12.8 Å². The van der Waals surface area contributed by atoms with E-state index in [0.29, 0.717) is 6.54 Å². The van der Waals surface area contributed by atoms with Gasteiger partial charge in [-0.15, -0.1) is 6.42 Å². The summed E-state index contributed by atoms with van der Waals surface area (Å²) in [5.41, 5.74) is 0. The number of hydrogen-bond acceptors (Lipinski definition) is 2. The Balaban J connectivity index is 2.83. The van der Waals surface area contributed by atoms with Gasteiger partial charge in [-0.2, -0.15) is 4.31 Å². The van der Waals surface area contributed by atoms with Crippen LogP contribution in [0.1, 0.15) is 12.8 Å². The number of nitrogens with zero attached hydrogens (tertiary/aromatic N) is 1. The van der Waals surface area contributed by atoms with E-state index in [4.69, 9.17) is 6.42 Å². The first kappa shape index (κ1) is 8.57. The molecule has 4 heteroatoms. The molecule has 0 aromatic rings. The zero-order chi connectivity index (χ0) is 8.48. The molecule has 11 heavy (non-hydrogen) atoms. The second-order valence-corrected chi connectivity index (χ2v) is 4.63. The summed E-state index contributed by atoms with van der Waals surface area (Å²) in [6, 6.07) is -0.204. The fraction of sp³-hybridized carbons (Fsp3) is 0.714. The van der Waals surface area contributed by atoms with Crippen molar-refractivity contribution in [2.75, 3.05) is 12.8 Å². The smallest absolute Gasteiger partial charge is 0.212 e. The van der Waals surface area contributed by atoms with Crippen molar-refractivity contribution in [3.8, 4) is 12.3 Å². The third-order valence-corrected chi connectivity index (χ3v) is 3.11. The van der Waals surface area contributed by atoms with Gasteiger partial charge in [0.2, 0.25) is 10.0 Å². The molecule has 0 radical (unpaired) electrons. The van der Waals surface area contributed by atoms with Crippen molar-refractivity contribution < 1.29 is 8.42 Å². The van der Waals surface area contributed by atoms with Crippen molar-refractivity contribution in [1.29, 1.82) is 0 Å². The third kappa shape index (κ3) is 1.73. The Bertz CT molecular complexity index is 275. The molecule has 1 fully saturated rings. The van der Waals surface area contributed by atoms with E-state index in [1.165, 1.54) is 10.6 Å². The monoisotopic (exact) mass is 173 g/mol. The van der Waals surface area contributed by atoms with Gasteiger partial charge in [-0.3, -0.25) is 0 Å². The molecule has 1 saturated heterocycles. The summed E-state index contributed by atoms with van der Waals surface area (Å²) in [4.78, 5) is 0. The van der Waals surface area contributed by atoms with Crippen LogP contribution < -0.4 is 0 Å². The largest absolute Gasteiger partial charge is 0.212 e. The van der Waals surface area contributed by atoms with E-state index in [1.807, 2.05) is 0 Å². The second-order valence-electron chi connectivity index (χ2n) is 2.70. The van der Waals surface area contributed by atoms with Gasteiger partial charge in [0.1, 0.15) is 0 Å². The third-order valence-electron chi connectivity index (χ3n) is 1.82. The minimum absolute atomic E-state index is 0.204. The van der Waals surface area contributed by atoms with Crippen molar-refractivity contribution in [2.45, 2.75) is 18.9 Å². The predicted molar refractivity (Wildman–Crippen MR) is 43.4 cm³/mol. The molecule has 0 spiro atoms. The summed E-state index contributed by atoms with van der Waals surface area (Å²) in [6.45, 7) is 0.577. The van der Waals surface area contributed by atoms with Crippen LogP contribution >= 0.6 is 0 Å². The lowest BCUT2D eigenvalue weighted by molar-refractivity contribution is 0.444. The highest BCUT2D eigenvalue weighted by atomic mass is 32.2. The van der Waals surface area contributed by atoms with Crippen LogP contribution in [-0.2, 0) is 10.0 Å². The fourth-order valence-electron chi connectivity index (χ4n) is 1.30. The van der Waals surface area contributed by atoms with E-state index in [9.17, 15) is 8.42 Å². The summed E-state index contributed by atoms with van der Waals surface area (Å²) in [7, 11) is -3.07. The molecule has 62 valence electrons. The van der Waals surface area contributed by atoms with Crippen molar-refractivity contribution in [3.05, 3.63) is 0 Å². The van der Waals surface area contributed by atoms with E-state index >= 15 is 0 Å². The van der Waals surface area contributed by atoms with Gasteiger partial charge < -0.3 is 0 Å². The van der Waals surface area contributed by atoms with Gasteiger partial charge >= 0.3 is 0 Å². The van der Waals surface area contributed by atoms with Crippen LogP contribution in [0.2, 0.25) is 0 Å². The molecule has 0 N–H and O–H groups in total. The summed E-state index contributed by atoms with van der Waals surface area (Å²) in [5.74, 6) is 2.47. The van der Waals surface area contributed by atoms with Gasteiger partial charge in [-0.1, -0.05) is 5.92 Å². The SMILES string of the molecule is C#C[C@@H]1CCCN1S(C)(=O)=O. The van der Waals surface area contributed by atoms with Crippen LogP contribution in [0.3, 0.4) is 0 Å². The lowest BCUT2D eigenvalue weighted by Gasteiger charge is -2.16. The van der Waals surface area contributed by atoms with Gasteiger partial charge in [-0.25, -0.2) is 8.42 Å². The molecule has 0 saturated carbocycles. The molecule has 0 aromatic heterocycles. The topological polar surface area (TPSA) is 37.4 Å². The Hall–Kier alpha value is -0.530. The molecule has 3 nitrogen and oxygen atoms in total. The number of terminal acetylenes is 1. The highest BCUT2D eigenvalue weighted by molar-refractivity contribution is 7.88. The molecular weight excluding hydrogens is 162 g/mol. The Morgan fingerprint density at radius 3 is 2.64 bits per heavy atom. The summed E-state index contributed by atoms with van der Waals surface area (Å²) in [5, 5.41) is 0. The van der Waals surface area contributed by atoms with E-state index in [0.717, 1.165) is 12.8 Å². The van der Waals surface area contributed by atoms with E-state index in [1.54, 1.807) is 0 Å². The molecule has 0 aromatic carbocycles. The van der Waals surface area contributed by atoms with E-state index in [-0.39, 0.29) is 6.04 Å². The highest BCUT2D eigenvalue weighted by Gasteiger charge is 2.29. The standard InChI is InChI=1S/C7H11NO2S/c1-3-7-5-4-6-8(7)11(2,9)10/h1,7H,4-6H2,2H3/t7-/m1/s1. The maximum absolute atomic E-state index is 11.0. The van der Waals surface area contributed by atoms with Crippen LogP contribution in [0.5, 0.6) is 0 Å². The number of rotatable bonds is 1. The number of hydrogen-bond donors (Lipinski definition) is 0. The predicted octanol–water partition coefficient (Wildman–Crippen LogP) is 0.0436. The maximum Gasteiger partial charge on any atom is 0.212 e. The van der Waals surface area contributed by atoms with Gasteiger partial charge in [0.05, 0.1) is 12.3 Å². The van der Waals surface area contributed by atoms with Crippen molar-refractivity contribution in [1.82, 2.24) is 4.31 Å². The van der Waals surface area contributed by atoms with Crippen molar-refractivity contribution in [2.24, 2.45) is 0 Å². The molecule has 0 bridgehead atoms. The van der Waals surface area contributed by atoms with Crippen LogP contribution in [0.15, 0.2) is 0 Å². The molecule has 1 aliphatic heterocycles. The summed E-state index contributed by atoms with van der Waals surface area (Å²) in [6.07, 6.45) is 8.03. The average molecular weight is 173 g/mol. The Kier molecular flexibility index (Phi) is 2.21. The normalized spacial score (nSPS) is 26.7. The van der Waals surface area contributed by atoms with E-state index < -0.39 is 10.0 Å². The maximum atomic E-state index is 11.0. The Labute approximate surface area is 67.4 Å². The van der Waals surface area contributed by atoms with Crippen LogP contribution in [0.25, 0.3) is 0 Å². The first-order valence-corrected chi connectivity index (χ1v) is 5.33. The van der Waals surface area contributed by atoms with Crippen LogP contribution in [0.4, 0.5) is 0 Å². The van der Waals surface area contributed by atoms with E-state index in [2.05, 4.69) is 5.92 Å². The second kappa shape index (κ2) is 2.84. The summed E-state index contributed by atoms with van der Waals surface area (Å²) < 4.78 is 23.4. The van der Waals surface area contributed by atoms with Gasteiger partial charge in [0.15, 0.2) is 0 Å². The molecule has 0 aliphatic carbocycles. The minimum Gasteiger partial charge on any atom is -0.212 e. The summed E-state index contributed by atoms with van der Waals surface area (Å²) >= 11 is 0. The molecular formula is C7H11NO2S. The van der Waals surface area contributed by atoms with Gasteiger partial charge in [0.25, 0.3) is 0 Å². The average Bonchev–Trinajstić information content (AvgIpc) is 2.31. The van der Waals surface area contributed by atoms with Crippen LogP contribution in [0, 0.1) is 12.3 Å². The molecule has 1 aliphatic rings. The Morgan fingerprint density at radius 2 is 2.27 bits per heavy atom. The zero-order valence-corrected chi connectivity index (χ0v) is 7.26.